The first-order valence-corrected chi connectivity index (χ1v) is 8.01. The number of esters is 1. The van der Waals surface area contributed by atoms with Crippen LogP contribution < -0.4 is 10.3 Å². The van der Waals surface area contributed by atoms with Crippen LogP contribution in [-0.2, 0) is 11.2 Å². The van der Waals surface area contributed by atoms with E-state index in [0.717, 1.165) is 16.9 Å². The summed E-state index contributed by atoms with van der Waals surface area (Å²) in [7, 11) is 5.36. The third-order valence-electron chi connectivity index (χ3n) is 3.19. The minimum Gasteiger partial charge on any atom is -0.465 e. The van der Waals surface area contributed by atoms with Crippen molar-refractivity contribution < 1.29 is 9.53 Å². The van der Waals surface area contributed by atoms with Crippen LogP contribution in [0.15, 0.2) is 29.4 Å². The summed E-state index contributed by atoms with van der Waals surface area (Å²) in [6.07, 6.45) is 2.38. The van der Waals surface area contributed by atoms with Gasteiger partial charge in [0, 0.05) is 19.8 Å². The SMILES string of the molecule is CCc1nc(N/N=C\c2ccc(N(C)C)cc2)sc1C(=O)OC. The molecular weight excluding hydrogens is 312 g/mol. The molecule has 0 aliphatic heterocycles. The third-order valence-corrected chi connectivity index (χ3v) is 4.17. The molecule has 0 spiro atoms. The molecule has 0 unspecified atom stereocenters. The summed E-state index contributed by atoms with van der Waals surface area (Å²) in [5.41, 5.74) is 5.69. The van der Waals surface area contributed by atoms with Crippen molar-refractivity contribution >= 4 is 34.3 Å². The molecule has 1 heterocycles. The molecule has 7 heteroatoms. The normalized spacial score (nSPS) is 10.8. The van der Waals surface area contributed by atoms with Gasteiger partial charge in [0.25, 0.3) is 0 Å². The molecule has 6 nitrogen and oxygen atoms in total. The summed E-state index contributed by atoms with van der Waals surface area (Å²) >= 11 is 1.24. The predicted octanol–water partition coefficient (Wildman–Crippen LogP) is 3.00. The lowest BCUT2D eigenvalue weighted by molar-refractivity contribution is 0.0605. The molecule has 0 atom stereocenters. The van der Waals surface area contributed by atoms with Gasteiger partial charge in [-0.15, -0.1) is 0 Å². The molecule has 0 bridgehead atoms. The van der Waals surface area contributed by atoms with Crippen molar-refractivity contribution in [2.24, 2.45) is 5.10 Å². The standard InChI is InChI=1S/C16H20N4O2S/c1-5-13-14(15(21)22-4)23-16(18-13)19-17-10-11-6-8-12(9-7-11)20(2)3/h6-10H,5H2,1-4H3,(H,18,19)/b17-10-. The van der Waals surface area contributed by atoms with Crippen molar-refractivity contribution in [3.05, 3.63) is 40.4 Å². The Morgan fingerprint density at radius 1 is 1.39 bits per heavy atom. The average molecular weight is 332 g/mol. The zero-order valence-electron chi connectivity index (χ0n) is 13.7. The Hall–Kier alpha value is -2.41. The zero-order valence-corrected chi connectivity index (χ0v) is 14.5. The number of ether oxygens (including phenoxy) is 1. The number of hydrogen-bond donors (Lipinski definition) is 1. The molecule has 122 valence electrons. The second-order valence-electron chi connectivity index (χ2n) is 5.00. The Balaban J connectivity index is 2.05. The van der Waals surface area contributed by atoms with E-state index in [2.05, 4.69) is 15.5 Å². The Kier molecular flexibility index (Phi) is 5.70. The van der Waals surface area contributed by atoms with Crippen LogP contribution in [0.25, 0.3) is 0 Å². The molecule has 0 aliphatic rings. The Bertz CT molecular complexity index is 693. The van der Waals surface area contributed by atoms with Gasteiger partial charge in [-0.3, -0.25) is 5.43 Å². The van der Waals surface area contributed by atoms with Crippen molar-refractivity contribution in [1.29, 1.82) is 0 Å². The number of anilines is 2. The number of aromatic nitrogens is 1. The molecule has 1 N–H and O–H groups in total. The Labute approximate surface area is 139 Å². The molecule has 0 fully saturated rings. The first kappa shape index (κ1) is 17.0. The number of carbonyl (C=O) groups is 1. The number of nitrogens with zero attached hydrogens (tertiary/aromatic N) is 3. The van der Waals surface area contributed by atoms with Gasteiger partial charge in [0.05, 0.1) is 19.0 Å². The van der Waals surface area contributed by atoms with Gasteiger partial charge >= 0.3 is 5.97 Å². The van der Waals surface area contributed by atoms with Crippen LogP contribution in [0.3, 0.4) is 0 Å². The van der Waals surface area contributed by atoms with Crippen LogP contribution in [0.4, 0.5) is 10.8 Å². The number of nitrogens with one attached hydrogen (secondary N) is 1. The smallest absolute Gasteiger partial charge is 0.350 e. The van der Waals surface area contributed by atoms with Gasteiger partial charge in [0.15, 0.2) is 0 Å². The monoisotopic (exact) mass is 332 g/mol. The fraction of sp³-hybridized carbons (Fsp3) is 0.312. The number of methoxy groups -OCH3 is 1. The maximum absolute atomic E-state index is 11.7. The number of carbonyl (C=O) groups excluding carboxylic acids is 1. The topological polar surface area (TPSA) is 66.8 Å². The Morgan fingerprint density at radius 2 is 2.09 bits per heavy atom. The van der Waals surface area contributed by atoms with Crippen molar-refractivity contribution in [3.63, 3.8) is 0 Å². The molecule has 23 heavy (non-hydrogen) atoms. The van der Waals surface area contributed by atoms with E-state index in [0.29, 0.717) is 16.4 Å². The molecule has 0 saturated carbocycles. The van der Waals surface area contributed by atoms with E-state index < -0.39 is 0 Å². The fourth-order valence-corrected chi connectivity index (χ4v) is 2.83. The van der Waals surface area contributed by atoms with E-state index in [-0.39, 0.29) is 5.97 Å². The maximum Gasteiger partial charge on any atom is 0.350 e. The van der Waals surface area contributed by atoms with Crippen LogP contribution in [-0.4, -0.2) is 38.4 Å². The first-order valence-electron chi connectivity index (χ1n) is 7.19. The maximum atomic E-state index is 11.7. The molecule has 2 rings (SSSR count). The fourth-order valence-electron chi connectivity index (χ4n) is 1.91. The van der Waals surface area contributed by atoms with E-state index in [1.54, 1.807) is 6.21 Å². The lowest BCUT2D eigenvalue weighted by Gasteiger charge is -2.11. The van der Waals surface area contributed by atoms with Crippen LogP contribution in [0, 0.1) is 0 Å². The molecule has 2 aromatic rings. The highest BCUT2D eigenvalue weighted by molar-refractivity contribution is 7.17. The molecule has 0 radical (unpaired) electrons. The number of rotatable bonds is 6. The highest BCUT2D eigenvalue weighted by Gasteiger charge is 2.17. The van der Waals surface area contributed by atoms with E-state index >= 15 is 0 Å². The molecule has 1 aromatic heterocycles. The van der Waals surface area contributed by atoms with Gasteiger partial charge in [0.1, 0.15) is 4.88 Å². The Morgan fingerprint density at radius 3 is 2.65 bits per heavy atom. The van der Waals surface area contributed by atoms with E-state index in [1.807, 2.05) is 50.2 Å². The lowest BCUT2D eigenvalue weighted by Crippen LogP contribution is -2.08. The second-order valence-corrected chi connectivity index (χ2v) is 6.00. The van der Waals surface area contributed by atoms with Crippen molar-refractivity contribution in [3.8, 4) is 0 Å². The minimum atomic E-state index is -0.365. The summed E-state index contributed by atoms with van der Waals surface area (Å²) in [5.74, 6) is -0.365. The summed E-state index contributed by atoms with van der Waals surface area (Å²) in [5, 5.41) is 4.74. The third kappa shape index (κ3) is 4.29. The molecular formula is C16H20N4O2S. The molecule has 0 aliphatic carbocycles. The largest absolute Gasteiger partial charge is 0.465 e. The van der Waals surface area contributed by atoms with Gasteiger partial charge in [-0.05, 0) is 24.1 Å². The van der Waals surface area contributed by atoms with E-state index in [4.69, 9.17) is 4.74 Å². The summed E-state index contributed by atoms with van der Waals surface area (Å²) in [4.78, 5) is 18.6. The van der Waals surface area contributed by atoms with E-state index in [1.165, 1.54) is 18.4 Å². The second kappa shape index (κ2) is 7.73. The van der Waals surface area contributed by atoms with Crippen molar-refractivity contribution in [2.45, 2.75) is 13.3 Å². The summed E-state index contributed by atoms with van der Waals surface area (Å²) in [6, 6.07) is 8.02. The molecule has 0 amide bonds. The van der Waals surface area contributed by atoms with Gasteiger partial charge in [-0.1, -0.05) is 30.4 Å². The van der Waals surface area contributed by atoms with Crippen LogP contribution in [0.5, 0.6) is 0 Å². The average Bonchev–Trinajstić information content (AvgIpc) is 2.98. The highest BCUT2D eigenvalue weighted by Crippen LogP contribution is 2.24. The number of benzene rings is 1. The van der Waals surface area contributed by atoms with Gasteiger partial charge in [-0.25, -0.2) is 9.78 Å². The summed E-state index contributed by atoms with van der Waals surface area (Å²) < 4.78 is 4.76. The lowest BCUT2D eigenvalue weighted by atomic mass is 10.2. The number of hydrogen-bond acceptors (Lipinski definition) is 7. The molecule has 1 aromatic carbocycles. The predicted molar refractivity (Wildman–Crippen MR) is 94.8 cm³/mol. The number of thiazole rings is 1. The summed E-state index contributed by atoms with van der Waals surface area (Å²) in [6.45, 7) is 1.95. The van der Waals surface area contributed by atoms with Crippen LogP contribution >= 0.6 is 11.3 Å². The van der Waals surface area contributed by atoms with Gasteiger partial charge in [0.2, 0.25) is 5.13 Å². The van der Waals surface area contributed by atoms with Gasteiger partial charge < -0.3 is 9.64 Å². The van der Waals surface area contributed by atoms with E-state index in [9.17, 15) is 4.79 Å². The minimum absolute atomic E-state index is 0.365. The van der Waals surface area contributed by atoms with Crippen LogP contribution in [0.1, 0.15) is 27.9 Å². The van der Waals surface area contributed by atoms with Crippen LogP contribution in [0.2, 0.25) is 0 Å². The number of hydrazone groups is 1. The highest BCUT2D eigenvalue weighted by atomic mass is 32.1. The molecule has 0 saturated heterocycles. The van der Waals surface area contributed by atoms with Crippen molar-refractivity contribution in [1.82, 2.24) is 4.98 Å². The zero-order chi connectivity index (χ0) is 16.8. The van der Waals surface area contributed by atoms with Gasteiger partial charge in [-0.2, -0.15) is 5.10 Å². The quantitative estimate of drug-likeness (QED) is 0.500. The number of aryl methyl sites for hydroxylation is 1. The first-order chi connectivity index (χ1) is 11.0. The van der Waals surface area contributed by atoms with Crippen molar-refractivity contribution in [2.75, 3.05) is 31.5 Å².